The van der Waals surface area contributed by atoms with Crippen molar-refractivity contribution < 1.29 is 9.59 Å². The van der Waals surface area contributed by atoms with E-state index in [-0.39, 0.29) is 17.9 Å². The lowest BCUT2D eigenvalue weighted by Crippen LogP contribution is -2.29. The zero-order valence-corrected chi connectivity index (χ0v) is 15.4. The van der Waals surface area contributed by atoms with Crippen LogP contribution in [0.4, 0.5) is 11.4 Å². The average Bonchev–Trinajstić information content (AvgIpc) is 3.31. The summed E-state index contributed by atoms with van der Waals surface area (Å²) in [6, 6.07) is 13.7. The van der Waals surface area contributed by atoms with Crippen molar-refractivity contribution in [3.63, 3.8) is 0 Å². The van der Waals surface area contributed by atoms with Crippen LogP contribution in [-0.2, 0) is 4.79 Å². The number of hydrogen-bond donors (Lipinski definition) is 2. The van der Waals surface area contributed by atoms with Gasteiger partial charge in [-0.15, -0.1) is 0 Å². The Morgan fingerprint density at radius 1 is 1.14 bits per heavy atom. The fourth-order valence-electron chi connectivity index (χ4n) is 3.95. The Morgan fingerprint density at radius 3 is 2.93 bits per heavy atom. The molecule has 0 radical (unpaired) electrons. The molecule has 5 rings (SSSR count). The molecule has 142 valence electrons. The van der Waals surface area contributed by atoms with E-state index in [2.05, 4.69) is 28.0 Å². The molecule has 3 heterocycles. The summed E-state index contributed by atoms with van der Waals surface area (Å²) in [6.45, 7) is 1.92. The monoisotopic (exact) mass is 375 g/mol. The maximum atomic E-state index is 13.0. The number of fused-ring (bicyclic) bond motifs is 2. The maximum absolute atomic E-state index is 13.0. The molecular formula is C21H21N5O2. The Labute approximate surface area is 162 Å². The largest absolute Gasteiger partial charge is 0.383 e. The van der Waals surface area contributed by atoms with Crippen molar-refractivity contribution in [1.29, 1.82) is 0 Å². The Kier molecular flexibility index (Phi) is 4.00. The van der Waals surface area contributed by atoms with Crippen LogP contribution in [0, 0.1) is 0 Å². The highest BCUT2D eigenvalue weighted by Gasteiger charge is 2.29. The topological polar surface area (TPSA) is 79.3 Å². The predicted octanol–water partition coefficient (Wildman–Crippen LogP) is 2.88. The van der Waals surface area contributed by atoms with E-state index in [1.54, 1.807) is 6.07 Å². The lowest BCUT2D eigenvalue weighted by atomic mass is 10.1. The van der Waals surface area contributed by atoms with E-state index in [1.165, 1.54) is 0 Å². The normalized spacial score (nSPS) is 19.1. The van der Waals surface area contributed by atoms with Crippen molar-refractivity contribution in [1.82, 2.24) is 14.7 Å². The van der Waals surface area contributed by atoms with Crippen LogP contribution in [0.3, 0.4) is 0 Å². The molecule has 7 heteroatoms. The highest BCUT2D eigenvalue weighted by molar-refractivity contribution is 6.00. The summed E-state index contributed by atoms with van der Waals surface area (Å²) in [4.78, 5) is 26.7. The quantitative estimate of drug-likeness (QED) is 0.722. The van der Waals surface area contributed by atoms with E-state index in [0.29, 0.717) is 37.3 Å². The first kappa shape index (κ1) is 16.8. The maximum Gasteiger partial charge on any atom is 0.254 e. The van der Waals surface area contributed by atoms with Crippen LogP contribution in [-0.4, -0.2) is 46.1 Å². The number of nitrogens with zero attached hydrogens (tertiary/aromatic N) is 3. The molecule has 0 saturated carbocycles. The molecule has 1 aromatic heterocycles. The summed E-state index contributed by atoms with van der Waals surface area (Å²) in [6.07, 6.45) is 3.35. The number of rotatable bonds is 2. The van der Waals surface area contributed by atoms with Crippen molar-refractivity contribution in [2.24, 2.45) is 0 Å². The second kappa shape index (κ2) is 6.67. The second-order valence-corrected chi connectivity index (χ2v) is 7.35. The molecule has 7 nitrogen and oxygen atoms in total. The van der Waals surface area contributed by atoms with Gasteiger partial charge in [-0.2, -0.15) is 5.10 Å². The fourth-order valence-corrected chi connectivity index (χ4v) is 3.95. The van der Waals surface area contributed by atoms with Gasteiger partial charge in [0.2, 0.25) is 5.91 Å². The van der Waals surface area contributed by atoms with Gasteiger partial charge in [-0.05, 0) is 30.7 Å². The SMILES string of the molecule is O=C1CCNc2ccc(C(=O)N3CCC(n4cc5ccccc5n4)C3)cc2N1. The smallest absolute Gasteiger partial charge is 0.254 e. The molecular weight excluding hydrogens is 354 g/mol. The zero-order valence-electron chi connectivity index (χ0n) is 15.4. The van der Waals surface area contributed by atoms with Gasteiger partial charge < -0.3 is 15.5 Å². The highest BCUT2D eigenvalue weighted by Crippen LogP contribution is 2.28. The molecule has 2 aromatic carbocycles. The molecule has 28 heavy (non-hydrogen) atoms. The van der Waals surface area contributed by atoms with E-state index >= 15 is 0 Å². The number of hydrogen-bond acceptors (Lipinski definition) is 4. The Bertz CT molecular complexity index is 1040. The van der Waals surface area contributed by atoms with Gasteiger partial charge in [-0.1, -0.05) is 18.2 Å². The first-order valence-corrected chi connectivity index (χ1v) is 9.58. The van der Waals surface area contributed by atoms with Crippen LogP contribution in [0.15, 0.2) is 48.7 Å². The third-order valence-corrected chi connectivity index (χ3v) is 5.46. The van der Waals surface area contributed by atoms with Gasteiger partial charge >= 0.3 is 0 Å². The molecule has 0 bridgehead atoms. The number of amides is 2. The third-order valence-electron chi connectivity index (χ3n) is 5.46. The van der Waals surface area contributed by atoms with Gasteiger partial charge in [0.1, 0.15) is 0 Å². The van der Waals surface area contributed by atoms with Crippen molar-refractivity contribution in [3.8, 4) is 0 Å². The minimum Gasteiger partial charge on any atom is -0.383 e. The van der Waals surface area contributed by atoms with Gasteiger partial charge in [0.05, 0.1) is 22.9 Å². The van der Waals surface area contributed by atoms with E-state index in [1.807, 2.05) is 39.9 Å². The van der Waals surface area contributed by atoms with Crippen LogP contribution in [0.1, 0.15) is 29.2 Å². The second-order valence-electron chi connectivity index (χ2n) is 7.35. The molecule has 0 aliphatic carbocycles. The number of benzene rings is 2. The molecule has 0 spiro atoms. The Balaban J connectivity index is 1.34. The minimum atomic E-state index is -0.0390. The van der Waals surface area contributed by atoms with Crippen molar-refractivity contribution in [2.45, 2.75) is 18.9 Å². The zero-order chi connectivity index (χ0) is 19.1. The first-order valence-electron chi connectivity index (χ1n) is 9.58. The molecule has 1 fully saturated rings. The molecule has 1 saturated heterocycles. The van der Waals surface area contributed by atoms with Gasteiger partial charge in [-0.3, -0.25) is 14.3 Å². The predicted molar refractivity (Wildman–Crippen MR) is 107 cm³/mol. The number of aromatic nitrogens is 2. The van der Waals surface area contributed by atoms with E-state index in [9.17, 15) is 9.59 Å². The van der Waals surface area contributed by atoms with E-state index < -0.39 is 0 Å². The van der Waals surface area contributed by atoms with Crippen LogP contribution < -0.4 is 10.6 Å². The Hall–Kier alpha value is -3.35. The molecule has 2 N–H and O–H groups in total. The van der Waals surface area contributed by atoms with Crippen LogP contribution in [0.25, 0.3) is 10.9 Å². The van der Waals surface area contributed by atoms with Crippen LogP contribution in [0.5, 0.6) is 0 Å². The summed E-state index contributed by atoms with van der Waals surface area (Å²) in [5, 5.41) is 11.9. The van der Waals surface area contributed by atoms with E-state index in [4.69, 9.17) is 0 Å². The lowest BCUT2D eigenvalue weighted by Gasteiger charge is -2.18. The number of anilines is 2. The lowest BCUT2D eigenvalue weighted by molar-refractivity contribution is -0.115. The van der Waals surface area contributed by atoms with Gasteiger partial charge in [0.15, 0.2) is 0 Å². The highest BCUT2D eigenvalue weighted by atomic mass is 16.2. The molecule has 3 aromatic rings. The summed E-state index contributed by atoms with van der Waals surface area (Å²) in [5.41, 5.74) is 3.09. The number of carbonyl (C=O) groups is 2. The number of carbonyl (C=O) groups excluding carboxylic acids is 2. The minimum absolute atomic E-state index is 0.0134. The van der Waals surface area contributed by atoms with Crippen molar-refractivity contribution in [3.05, 3.63) is 54.2 Å². The van der Waals surface area contributed by atoms with Crippen molar-refractivity contribution >= 4 is 34.1 Å². The standard InChI is InChI=1S/C21H21N5O2/c27-20-7-9-22-18-6-5-14(11-19(18)23-20)21(28)25-10-8-16(13-25)26-12-15-3-1-2-4-17(15)24-26/h1-6,11-12,16,22H,7-10,13H2,(H,23,27). The molecule has 2 aliphatic heterocycles. The van der Waals surface area contributed by atoms with Crippen LogP contribution >= 0.6 is 0 Å². The molecule has 1 unspecified atom stereocenters. The summed E-state index contributed by atoms with van der Waals surface area (Å²) in [5.74, 6) is -0.0525. The average molecular weight is 375 g/mol. The fraction of sp³-hybridized carbons (Fsp3) is 0.286. The van der Waals surface area contributed by atoms with Gasteiger partial charge in [0, 0.05) is 43.2 Å². The first-order chi connectivity index (χ1) is 13.7. The molecule has 2 aliphatic rings. The molecule has 1 atom stereocenters. The molecule has 2 amide bonds. The van der Waals surface area contributed by atoms with Gasteiger partial charge in [0.25, 0.3) is 5.91 Å². The summed E-state index contributed by atoms with van der Waals surface area (Å²) >= 11 is 0. The number of likely N-dealkylation sites (tertiary alicyclic amines) is 1. The summed E-state index contributed by atoms with van der Waals surface area (Å²) in [7, 11) is 0. The third kappa shape index (κ3) is 2.98. The van der Waals surface area contributed by atoms with Gasteiger partial charge in [-0.25, -0.2) is 0 Å². The van der Waals surface area contributed by atoms with E-state index in [0.717, 1.165) is 23.0 Å². The van der Waals surface area contributed by atoms with Crippen molar-refractivity contribution in [2.75, 3.05) is 30.3 Å². The van der Waals surface area contributed by atoms with Crippen LogP contribution in [0.2, 0.25) is 0 Å². The summed E-state index contributed by atoms with van der Waals surface area (Å²) < 4.78 is 1.99. The Morgan fingerprint density at radius 2 is 2.04 bits per heavy atom. The number of nitrogens with one attached hydrogen (secondary N) is 2.